The molecule has 112 valence electrons. The quantitative estimate of drug-likeness (QED) is 0.502. The van der Waals surface area contributed by atoms with Gasteiger partial charge in [-0.25, -0.2) is 0 Å². The minimum absolute atomic E-state index is 0.0775. The first-order chi connectivity index (χ1) is 10.1. The Morgan fingerprint density at radius 2 is 2.24 bits per heavy atom. The number of H-pyrrole nitrogens is 1. The summed E-state index contributed by atoms with van der Waals surface area (Å²) in [5.74, 6) is 0.769. The van der Waals surface area contributed by atoms with Gasteiger partial charge in [0.1, 0.15) is 0 Å². The molecule has 0 aliphatic heterocycles. The summed E-state index contributed by atoms with van der Waals surface area (Å²) in [5, 5.41) is 18.1. The maximum Gasteiger partial charge on any atom is 0.311 e. The second-order valence-electron chi connectivity index (χ2n) is 4.35. The van der Waals surface area contributed by atoms with Crippen LogP contribution in [0.5, 0.6) is 5.75 Å². The number of nitro groups is 1. The molecule has 0 unspecified atom stereocenters. The Balaban J connectivity index is 2.66. The van der Waals surface area contributed by atoms with E-state index in [4.69, 9.17) is 17.0 Å². The molecule has 0 amide bonds. The monoisotopic (exact) mass is 308 g/mol. The number of nitrogens with zero attached hydrogens (tertiary/aromatic N) is 3. The molecule has 7 nitrogen and oxygen atoms in total. The van der Waals surface area contributed by atoms with E-state index < -0.39 is 4.92 Å². The number of aromatic nitrogens is 3. The minimum Gasteiger partial charge on any atom is -0.487 e. The minimum atomic E-state index is -0.458. The van der Waals surface area contributed by atoms with Gasteiger partial charge in [-0.15, -0.1) is 0 Å². The summed E-state index contributed by atoms with van der Waals surface area (Å²) < 4.78 is 7.79. The van der Waals surface area contributed by atoms with Gasteiger partial charge in [0, 0.05) is 12.6 Å². The highest BCUT2D eigenvalue weighted by Crippen LogP contribution is 2.37. The van der Waals surface area contributed by atoms with E-state index in [0.29, 0.717) is 29.3 Å². The number of para-hydroxylation sites is 1. The maximum absolute atomic E-state index is 11.2. The van der Waals surface area contributed by atoms with Crippen molar-refractivity contribution < 1.29 is 9.66 Å². The van der Waals surface area contributed by atoms with E-state index in [9.17, 15) is 10.1 Å². The summed E-state index contributed by atoms with van der Waals surface area (Å²) in [5.41, 5.74) is 0.484. The number of rotatable bonds is 6. The van der Waals surface area contributed by atoms with E-state index in [1.54, 1.807) is 19.1 Å². The topological polar surface area (TPSA) is 86.0 Å². The van der Waals surface area contributed by atoms with Crippen molar-refractivity contribution in [1.82, 2.24) is 14.8 Å². The molecule has 0 atom stereocenters. The number of hydrogen-bond acceptors (Lipinski definition) is 5. The maximum atomic E-state index is 11.2. The molecule has 0 aliphatic rings. The van der Waals surface area contributed by atoms with Gasteiger partial charge >= 0.3 is 5.69 Å². The summed E-state index contributed by atoms with van der Waals surface area (Å²) in [7, 11) is 0. The van der Waals surface area contributed by atoms with Crippen molar-refractivity contribution in [3.8, 4) is 17.1 Å². The standard InChI is InChI=1S/C13H16N4O3S/c1-3-8-16-12(14-15-13(16)21)9-6-5-7-10(17(18)19)11(9)20-4-2/h5-7H,3-4,8H2,1-2H3,(H,15,21). The van der Waals surface area contributed by atoms with E-state index in [-0.39, 0.29) is 11.4 Å². The lowest BCUT2D eigenvalue weighted by Gasteiger charge is -2.11. The normalized spacial score (nSPS) is 10.6. The molecule has 1 aromatic heterocycles. The van der Waals surface area contributed by atoms with Crippen molar-refractivity contribution in [2.24, 2.45) is 0 Å². The molecule has 0 fully saturated rings. The molecular weight excluding hydrogens is 292 g/mol. The van der Waals surface area contributed by atoms with Gasteiger partial charge in [0.25, 0.3) is 0 Å². The molecule has 0 spiro atoms. The van der Waals surface area contributed by atoms with E-state index >= 15 is 0 Å². The van der Waals surface area contributed by atoms with Gasteiger partial charge in [-0.1, -0.05) is 13.0 Å². The molecule has 1 aromatic carbocycles. The number of benzene rings is 1. The zero-order valence-corrected chi connectivity index (χ0v) is 12.6. The van der Waals surface area contributed by atoms with Crippen LogP contribution < -0.4 is 4.74 Å². The Labute approximate surface area is 126 Å². The van der Waals surface area contributed by atoms with Crippen LogP contribution in [-0.4, -0.2) is 26.3 Å². The third kappa shape index (κ3) is 2.94. The first-order valence-corrected chi connectivity index (χ1v) is 7.06. The molecule has 1 heterocycles. The molecule has 8 heteroatoms. The van der Waals surface area contributed by atoms with Crippen LogP contribution >= 0.6 is 12.2 Å². The number of ether oxygens (including phenoxy) is 1. The number of hydrogen-bond donors (Lipinski definition) is 1. The van der Waals surface area contributed by atoms with Gasteiger partial charge in [-0.05, 0) is 31.6 Å². The van der Waals surface area contributed by atoms with E-state index in [1.807, 2.05) is 11.5 Å². The fourth-order valence-corrected chi connectivity index (χ4v) is 2.32. The number of nitro benzene ring substituents is 1. The average Bonchev–Trinajstić information content (AvgIpc) is 2.81. The van der Waals surface area contributed by atoms with E-state index in [0.717, 1.165) is 6.42 Å². The first-order valence-electron chi connectivity index (χ1n) is 6.65. The molecule has 0 saturated heterocycles. The SMILES string of the molecule is CCCn1c(-c2cccc([N+](=O)[O-])c2OCC)n[nH]c1=S. The van der Waals surface area contributed by atoms with Crippen LogP contribution in [0.25, 0.3) is 11.4 Å². The Kier molecular flexibility index (Phi) is 4.69. The molecule has 0 saturated carbocycles. The second kappa shape index (κ2) is 6.49. The van der Waals surface area contributed by atoms with Crippen LogP contribution in [0, 0.1) is 14.9 Å². The van der Waals surface area contributed by atoms with Crippen LogP contribution in [0.4, 0.5) is 5.69 Å². The molecular formula is C13H16N4O3S. The Morgan fingerprint density at radius 3 is 2.86 bits per heavy atom. The first kappa shape index (κ1) is 15.2. The fraction of sp³-hybridized carbons (Fsp3) is 0.385. The number of aromatic amines is 1. The van der Waals surface area contributed by atoms with Crippen molar-refractivity contribution in [3.63, 3.8) is 0 Å². The molecule has 0 aliphatic carbocycles. The highest BCUT2D eigenvalue weighted by Gasteiger charge is 2.22. The lowest BCUT2D eigenvalue weighted by molar-refractivity contribution is -0.385. The molecule has 0 bridgehead atoms. The molecule has 2 aromatic rings. The third-order valence-corrected chi connectivity index (χ3v) is 3.24. The van der Waals surface area contributed by atoms with Crippen LogP contribution in [-0.2, 0) is 6.54 Å². The summed E-state index contributed by atoms with van der Waals surface area (Å²) in [6, 6.07) is 4.78. The van der Waals surface area contributed by atoms with Gasteiger partial charge in [0.15, 0.2) is 10.6 Å². The van der Waals surface area contributed by atoms with E-state index in [1.165, 1.54) is 6.07 Å². The Bertz CT molecular complexity index is 708. The largest absolute Gasteiger partial charge is 0.487 e. The Hall–Kier alpha value is -2.22. The lowest BCUT2D eigenvalue weighted by Crippen LogP contribution is -2.04. The molecule has 0 radical (unpaired) electrons. The predicted molar refractivity (Wildman–Crippen MR) is 81.0 cm³/mol. The summed E-state index contributed by atoms with van der Waals surface area (Å²) in [6.45, 7) is 4.81. The summed E-state index contributed by atoms with van der Waals surface area (Å²) in [6.07, 6.45) is 0.875. The summed E-state index contributed by atoms with van der Waals surface area (Å²) in [4.78, 5) is 10.7. The van der Waals surface area contributed by atoms with Crippen molar-refractivity contribution in [2.45, 2.75) is 26.8 Å². The number of nitrogens with one attached hydrogen (secondary N) is 1. The van der Waals surface area contributed by atoms with Crippen molar-refractivity contribution in [3.05, 3.63) is 33.1 Å². The lowest BCUT2D eigenvalue weighted by atomic mass is 10.1. The van der Waals surface area contributed by atoms with Crippen molar-refractivity contribution >= 4 is 17.9 Å². The smallest absolute Gasteiger partial charge is 0.311 e. The van der Waals surface area contributed by atoms with Gasteiger partial charge in [0.2, 0.25) is 5.75 Å². The summed E-state index contributed by atoms with van der Waals surface area (Å²) >= 11 is 5.20. The van der Waals surface area contributed by atoms with Crippen LogP contribution in [0.1, 0.15) is 20.3 Å². The van der Waals surface area contributed by atoms with Crippen molar-refractivity contribution in [1.29, 1.82) is 0 Å². The molecule has 2 rings (SSSR count). The van der Waals surface area contributed by atoms with Crippen molar-refractivity contribution in [2.75, 3.05) is 6.61 Å². The van der Waals surface area contributed by atoms with Gasteiger partial charge in [0.05, 0.1) is 17.1 Å². The molecule has 1 N–H and O–H groups in total. The highest BCUT2D eigenvalue weighted by atomic mass is 32.1. The van der Waals surface area contributed by atoms with E-state index in [2.05, 4.69) is 10.2 Å². The molecule has 21 heavy (non-hydrogen) atoms. The van der Waals surface area contributed by atoms with Crippen LogP contribution in [0.3, 0.4) is 0 Å². The predicted octanol–water partition coefficient (Wildman–Crippen LogP) is 3.32. The second-order valence-corrected chi connectivity index (χ2v) is 4.73. The zero-order valence-electron chi connectivity index (χ0n) is 11.8. The zero-order chi connectivity index (χ0) is 15.4. The highest BCUT2D eigenvalue weighted by molar-refractivity contribution is 7.71. The Morgan fingerprint density at radius 1 is 1.48 bits per heavy atom. The van der Waals surface area contributed by atoms with Gasteiger partial charge in [-0.2, -0.15) is 5.10 Å². The fourth-order valence-electron chi connectivity index (χ4n) is 2.10. The third-order valence-electron chi connectivity index (χ3n) is 2.93. The average molecular weight is 308 g/mol. The van der Waals surface area contributed by atoms with Gasteiger partial charge < -0.3 is 9.30 Å². The van der Waals surface area contributed by atoms with Crippen LogP contribution in [0.2, 0.25) is 0 Å². The van der Waals surface area contributed by atoms with Gasteiger partial charge in [-0.3, -0.25) is 15.2 Å². The van der Waals surface area contributed by atoms with Crippen LogP contribution in [0.15, 0.2) is 18.2 Å².